The van der Waals surface area contributed by atoms with Crippen LogP contribution in [0.2, 0.25) is 10.6 Å². The molecule has 2 nitrogen and oxygen atoms in total. The fraction of sp³-hybridized carbons (Fsp3) is 1.00. The second kappa shape index (κ2) is 9.66. The fourth-order valence-corrected chi connectivity index (χ4v) is 3.63. The summed E-state index contributed by atoms with van der Waals surface area (Å²) in [6.45, 7) is 13.4. The zero-order valence-corrected chi connectivity index (χ0v) is 12.4. The van der Waals surface area contributed by atoms with Crippen molar-refractivity contribution in [1.29, 1.82) is 0 Å². The lowest BCUT2D eigenvalue weighted by atomic mass is 10.3. The zero-order valence-electron chi connectivity index (χ0n) is 11.3. The Kier molecular flexibility index (Phi) is 9.95. The third kappa shape index (κ3) is 5.92. The molecule has 0 amide bonds. The van der Waals surface area contributed by atoms with Gasteiger partial charge in [0, 0.05) is 0 Å². The van der Waals surface area contributed by atoms with Crippen molar-refractivity contribution in [3.8, 4) is 0 Å². The van der Waals surface area contributed by atoms with E-state index >= 15 is 0 Å². The lowest BCUT2D eigenvalue weighted by molar-refractivity contribution is 0.0227. The van der Waals surface area contributed by atoms with Crippen LogP contribution in [-0.2, 0) is 3.79 Å². The molecule has 0 aromatic rings. The molecule has 0 aliphatic rings. The molecule has 15 heavy (non-hydrogen) atoms. The summed E-state index contributed by atoms with van der Waals surface area (Å²) in [5.41, 5.74) is 0. The van der Waals surface area contributed by atoms with E-state index in [2.05, 4.69) is 39.5 Å². The summed E-state index contributed by atoms with van der Waals surface area (Å²) in [7, 11) is 0. The first-order valence-electron chi connectivity index (χ1n) is 6.62. The molecule has 3 heteroatoms. The highest BCUT2D eigenvalue weighted by Crippen LogP contribution is 2.13. The maximum Gasteiger partial charge on any atom is 0.461 e. The number of hydrogen-bond donors (Lipinski definition) is 0. The third-order valence-corrected chi connectivity index (χ3v) is 5.54. The van der Waals surface area contributed by atoms with Crippen molar-refractivity contribution in [2.45, 2.75) is 64.3 Å². The summed E-state index contributed by atoms with van der Waals surface area (Å²) in [4.78, 5) is 2.45. The quantitative estimate of drug-likeness (QED) is 0.443. The van der Waals surface area contributed by atoms with E-state index in [4.69, 9.17) is 3.79 Å². The molecule has 0 N–H and O–H groups in total. The highest BCUT2D eigenvalue weighted by molar-refractivity contribution is 6.51. The van der Waals surface area contributed by atoms with Crippen LogP contribution < -0.4 is 0 Å². The number of nitrogens with zero attached hydrogens (tertiary/aromatic N) is 1. The van der Waals surface area contributed by atoms with Gasteiger partial charge in [0.05, 0.1) is 6.23 Å². The molecule has 0 aliphatic carbocycles. The number of hydrogen-bond acceptors (Lipinski definition) is 2. The SMILES string of the molecule is CCCC([O][Al]([CH2]C)[CH2]C)N(CC)CC. The van der Waals surface area contributed by atoms with Gasteiger partial charge in [-0.1, -0.05) is 51.6 Å². The lowest BCUT2D eigenvalue weighted by Crippen LogP contribution is -2.40. The van der Waals surface area contributed by atoms with E-state index < -0.39 is 14.5 Å². The smallest absolute Gasteiger partial charge is 0.461 e. The fourth-order valence-electron chi connectivity index (χ4n) is 1.92. The van der Waals surface area contributed by atoms with Crippen LogP contribution in [0.5, 0.6) is 0 Å². The molecule has 1 atom stereocenters. The van der Waals surface area contributed by atoms with Crippen LogP contribution in [-0.4, -0.2) is 38.7 Å². The van der Waals surface area contributed by atoms with Crippen LogP contribution in [0.25, 0.3) is 0 Å². The number of rotatable bonds is 9. The molecular weight excluding hydrogens is 201 g/mol. The first-order chi connectivity index (χ1) is 7.23. The predicted molar refractivity (Wildman–Crippen MR) is 69.4 cm³/mol. The van der Waals surface area contributed by atoms with E-state index in [0.717, 1.165) is 13.1 Å². The van der Waals surface area contributed by atoms with Gasteiger partial charge in [-0.3, -0.25) is 4.90 Å². The minimum atomic E-state index is -0.907. The van der Waals surface area contributed by atoms with E-state index in [1.165, 1.54) is 23.4 Å². The van der Waals surface area contributed by atoms with Gasteiger partial charge >= 0.3 is 14.5 Å². The van der Waals surface area contributed by atoms with Gasteiger partial charge in [-0.15, -0.1) is 0 Å². The van der Waals surface area contributed by atoms with Gasteiger partial charge in [-0.2, -0.15) is 0 Å². The van der Waals surface area contributed by atoms with Crippen molar-refractivity contribution in [1.82, 2.24) is 4.90 Å². The minimum absolute atomic E-state index is 0.390. The molecule has 0 spiro atoms. The highest BCUT2D eigenvalue weighted by Gasteiger charge is 2.23. The average molecular weight is 229 g/mol. The Hall–Kier alpha value is 0.452. The molecule has 0 bridgehead atoms. The molecule has 0 saturated heterocycles. The van der Waals surface area contributed by atoms with Gasteiger partial charge in [0.15, 0.2) is 0 Å². The Labute approximate surface area is 101 Å². The molecule has 0 heterocycles. The molecule has 0 fully saturated rings. The molecule has 0 aliphatic heterocycles. The third-order valence-electron chi connectivity index (χ3n) is 3.02. The summed E-state index contributed by atoms with van der Waals surface area (Å²) in [5.74, 6) is 0. The van der Waals surface area contributed by atoms with Crippen molar-refractivity contribution in [2.75, 3.05) is 13.1 Å². The summed E-state index contributed by atoms with van der Waals surface area (Å²) in [5, 5.41) is 2.52. The largest absolute Gasteiger partial charge is 0.487 e. The van der Waals surface area contributed by atoms with Gasteiger partial charge in [0.1, 0.15) is 0 Å². The standard InChI is InChI=1S/C8H18NO.2C2H5.Al/c1-4-7-8(10)9(5-2)6-3;2*1-2;/h8H,4-7H2,1-3H3;2*1H2,2H3;/q-1;;;+1. The predicted octanol–water partition coefficient (Wildman–Crippen LogP) is 3.50. The maximum absolute atomic E-state index is 6.30. The van der Waals surface area contributed by atoms with Crippen LogP contribution in [0.3, 0.4) is 0 Å². The first-order valence-corrected chi connectivity index (χ1v) is 8.73. The summed E-state index contributed by atoms with van der Waals surface area (Å²) in [6.07, 6.45) is 2.79. The molecule has 0 saturated carbocycles. The Morgan fingerprint density at radius 1 is 1.00 bits per heavy atom. The second-order valence-electron chi connectivity index (χ2n) is 4.04. The van der Waals surface area contributed by atoms with Crippen molar-refractivity contribution in [3.63, 3.8) is 0 Å². The van der Waals surface area contributed by atoms with Crippen LogP contribution in [0.1, 0.15) is 47.5 Å². The molecule has 0 rings (SSSR count). The Morgan fingerprint density at radius 2 is 1.53 bits per heavy atom. The van der Waals surface area contributed by atoms with Gasteiger partial charge < -0.3 is 3.79 Å². The van der Waals surface area contributed by atoms with E-state index in [-0.39, 0.29) is 0 Å². The monoisotopic (exact) mass is 229 g/mol. The van der Waals surface area contributed by atoms with Crippen molar-refractivity contribution in [3.05, 3.63) is 0 Å². The highest BCUT2D eigenvalue weighted by atomic mass is 27.2. The molecule has 0 aromatic carbocycles. The van der Waals surface area contributed by atoms with Crippen LogP contribution in [0.15, 0.2) is 0 Å². The van der Waals surface area contributed by atoms with Gasteiger partial charge in [-0.25, -0.2) is 0 Å². The molecule has 0 aromatic heterocycles. The van der Waals surface area contributed by atoms with Crippen molar-refractivity contribution in [2.24, 2.45) is 0 Å². The van der Waals surface area contributed by atoms with Crippen LogP contribution >= 0.6 is 0 Å². The summed E-state index contributed by atoms with van der Waals surface area (Å²) >= 11 is -0.907. The summed E-state index contributed by atoms with van der Waals surface area (Å²) < 4.78 is 6.30. The lowest BCUT2D eigenvalue weighted by Gasteiger charge is -2.32. The van der Waals surface area contributed by atoms with Gasteiger partial charge in [0.25, 0.3) is 0 Å². The Bertz CT molecular complexity index is 136. The Morgan fingerprint density at radius 3 is 1.87 bits per heavy atom. The minimum Gasteiger partial charge on any atom is -0.487 e. The van der Waals surface area contributed by atoms with Crippen molar-refractivity contribution < 1.29 is 3.79 Å². The van der Waals surface area contributed by atoms with E-state index in [1.54, 1.807) is 0 Å². The molecular formula is C12H28AlNO. The maximum atomic E-state index is 6.30. The second-order valence-corrected chi connectivity index (χ2v) is 7.19. The van der Waals surface area contributed by atoms with Crippen LogP contribution in [0.4, 0.5) is 0 Å². The molecule has 90 valence electrons. The van der Waals surface area contributed by atoms with Gasteiger partial charge in [-0.05, 0) is 19.5 Å². The van der Waals surface area contributed by atoms with E-state index in [1.807, 2.05) is 0 Å². The first kappa shape index (κ1) is 15.5. The average Bonchev–Trinajstić information content (AvgIpc) is 2.27. The normalized spacial score (nSPS) is 13.2. The van der Waals surface area contributed by atoms with E-state index in [0.29, 0.717) is 6.23 Å². The Balaban J connectivity index is 4.22. The van der Waals surface area contributed by atoms with Crippen LogP contribution in [0, 0.1) is 0 Å². The molecule has 0 radical (unpaired) electrons. The molecule has 1 unspecified atom stereocenters. The topological polar surface area (TPSA) is 12.5 Å². The van der Waals surface area contributed by atoms with Gasteiger partial charge in [0.2, 0.25) is 0 Å². The zero-order chi connectivity index (χ0) is 11.7. The van der Waals surface area contributed by atoms with E-state index in [9.17, 15) is 0 Å². The van der Waals surface area contributed by atoms with Crippen molar-refractivity contribution >= 4 is 14.5 Å². The summed E-state index contributed by atoms with van der Waals surface area (Å²) in [6, 6.07) is 0.